The van der Waals surface area contributed by atoms with Crippen LogP contribution in [0.25, 0.3) is 0 Å². The molecule has 0 aliphatic carbocycles. The van der Waals surface area contributed by atoms with Gasteiger partial charge in [0.2, 0.25) is 0 Å². The summed E-state index contributed by atoms with van der Waals surface area (Å²) in [4.78, 5) is 13.5. The molecule has 2 aromatic carbocycles. The summed E-state index contributed by atoms with van der Waals surface area (Å²) in [7, 11) is 0. The molecular weight excluding hydrogens is 236 g/mol. The standard InChI is InChI=1S/C16H16N2O/c1-11-10-12-6-2-4-8-14(12)18(16(17)19)15-9-5-3-7-13(11)15/h2-9,11H,10H2,1H3,(H2,17,19)/t11-/m0/s1. The van der Waals surface area contributed by atoms with Gasteiger partial charge in [-0.15, -0.1) is 0 Å². The van der Waals surface area contributed by atoms with Crippen LogP contribution in [0.15, 0.2) is 48.5 Å². The lowest BCUT2D eigenvalue weighted by atomic mass is 9.94. The van der Waals surface area contributed by atoms with E-state index in [1.165, 1.54) is 0 Å². The van der Waals surface area contributed by atoms with Crippen molar-refractivity contribution in [3.05, 3.63) is 59.7 Å². The van der Waals surface area contributed by atoms with Crippen molar-refractivity contribution in [1.29, 1.82) is 0 Å². The van der Waals surface area contributed by atoms with Gasteiger partial charge in [-0.3, -0.25) is 4.90 Å². The molecule has 3 heteroatoms. The van der Waals surface area contributed by atoms with Crippen LogP contribution in [-0.4, -0.2) is 6.03 Å². The molecule has 0 saturated carbocycles. The number of carbonyl (C=O) groups excluding carboxylic acids is 1. The van der Waals surface area contributed by atoms with Gasteiger partial charge >= 0.3 is 6.03 Å². The van der Waals surface area contributed by atoms with Crippen molar-refractivity contribution in [2.45, 2.75) is 19.3 Å². The number of nitrogens with two attached hydrogens (primary N) is 1. The van der Waals surface area contributed by atoms with E-state index in [2.05, 4.69) is 19.1 Å². The first kappa shape index (κ1) is 11.8. The van der Waals surface area contributed by atoms with Crippen LogP contribution >= 0.6 is 0 Å². The number of primary amides is 1. The van der Waals surface area contributed by atoms with Crippen LogP contribution in [0, 0.1) is 0 Å². The Labute approximate surface area is 112 Å². The van der Waals surface area contributed by atoms with Gasteiger partial charge in [0.25, 0.3) is 0 Å². The molecule has 2 aromatic rings. The van der Waals surface area contributed by atoms with Gasteiger partial charge in [0.1, 0.15) is 0 Å². The molecule has 2 N–H and O–H groups in total. The number of amides is 2. The topological polar surface area (TPSA) is 46.3 Å². The Morgan fingerprint density at radius 2 is 1.74 bits per heavy atom. The molecule has 2 amide bonds. The van der Waals surface area contributed by atoms with Gasteiger partial charge in [-0.1, -0.05) is 43.3 Å². The van der Waals surface area contributed by atoms with Gasteiger partial charge < -0.3 is 5.73 Å². The number of nitrogens with zero attached hydrogens (tertiary/aromatic N) is 1. The molecule has 0 aromatic heterocycles. The Balaban J connectivity index is 2.28. The number of anilines is 2. The van der Waals surface area contributed by atoms with E-state index in [1.54, 1.807) is 4.90 Å². The smallest absolute Gasteiger partial charge is 0.323 e. The van der Waals surface area contributed by atoms with Gasteiger partial charge in [-0.2, -0.15) is 0 Å². The van der Waals surface area contributed by atoms with Crippen LogP contribution in [0.4, 0.5) is 16.2 Å². The number of fused-ring (bicyclic) bond motifs is 2. The van der Waals surface area contributed by atoms with Crippen LogP contribution in [0.5, 0.6) is 0 Å². The first-order valence-electron chi connectivity index (χ1n) is 6.45. The zero-order valence-corrected chi connectivity index (χ0v) is 10.8. The lowest BCUT2D eigenvalue weighted by molar-refractivity contribution is 0.256. The summed E-state index contributed by atoms with van der Waals surface area (Å²) in [5.74, 6) is 0.363. The van der Waals surface area contributed by atoms with Crippen molar-refractivity contribution in [3.63, 3.8) is 0 Å². The number of carbonyl (C=O) groups is 1. The number of hydrogen-bond acceptors (Lipinski definition) is 1. The molecule has 0 unspecified atom stereocenters. The number of urea groups is 1. The zero-order chi connectivity index (χ0) is 13.4. The Hall–Kier alpha value is -2.29. The van der Waals surface area contributed by atoms with Crippen molar-refractivity contribution >= 4 is 17.4 Å². The molecule has 19 heavy (non-hydrogen) atoms. The summed E-state index contributed by atoms with van der Waals surface area (Å²) in [5.41, 5.74) is 9.71. The van der Waals surface area contributed by atoms with Gasteiger partial charge in [-0.05, 0) is 35.6 Å². The van der Waals surface area contributed by atoms with E-state index in [4.69, 9.17) is 5.73 Å². The number of para-hydroxylation sites is 2. The normalized spacial score (nSPS) is 17.3. The van der Waals surface area contributed by atoms with Crippen molar-refractivity contribution in [1.82, 2.24) is 0 Å². The highest BCUT2D eigenvalue weighted by Gasteiger charge is 2.26. The predicted molar refractivity (Wildman–Crippen MR) is 76.7 cm³/mol. The van der Waals surface area contributed by atoms with Crippen LogP contribution in [-0.2, 0) is 6.42 Å². The average Bonchev–Trinajstić information content (AvgIpc) is 2.53. The zero-order valence-electron chi connectivity index (χ0n) is 10.8. The molecule has 0 fully saturated rings. The third-order valence-corrected chi connectivity index (χ3v) is 3.69. The molecule has 0 spiro atoms. The summed E-state index contributed by atoms with van der Waals surface area (Å²) in [6.07, 6.45) is 0.914. The molecule has 1 atom stereocenters. The highest BCUT2D eigenvalue weighted by Crippen LogP contribution is 2.40. The van der Waals surface area contributed by atoms with E-state index in [9.17, 15) is 4.79 Å². The fourth-order valence-electron chi connectivity index (χ4n) is 2.82. The molecule has 3 nitrogen and oxygen atoms in total. The highest BCUT2D eigenvalue weighted by molar-refractivity contribution is 6.00. The molecule has 1 aliphatic rings. The van der Waals surface area contributed by atoms with Gasteiger partial charge in [0.15, 0.2) is 0 Å². The fourth-order valence-corrected chi connectivity index (χ4v) is 2.82. The predicted octanol–water partition coefficient (Wildman–Crippen LogP) is 3.56. The summed E-state index contributed by atoms with van der Waals surface area (Å²) in [6, 6.07) is 15.5. The van der Waals surface area contributed by atoms with E-state index in [0.717, 1.165) is 28.9 Å². The largest absolute Gasteiger partial charge is 0.351 e. The Morgan fingerprint density at radius 3 is 2.47 bits per heavy atom. The SMILES string of the molecule is C[C@H]1Cc2ccccc2N(C(N)=O)c2ccccc21. The van der Waals surface area contributed by atoms with Crippen molar-refractivity contribution in [2.75, 3.05) is 4.90 Å². The Morgan fingerprint density at radius 1 is 1.11 bits per heavy atom. The van der Waals surface area contributed by atoms with Crippen molar-refractivity contribution in [2.24, 2.45) is 5.73 Å². The number of hydrogen-bond donors (Lipinski definition) is 1. The van der Waals surface area contributed by atoms with E-state index in [-0.39, 0.29) is 0 Å². The maximum atomic E-state index is 11.9. The van der Waals surface area contributed by atoms with E-state index >= 15 is 0 Å². The second-order valence-electron chi connectivity index (χ2n) is 4.97. The van der Waals surface area contributed by atoms with E-state index in [0.29, 0.717) is 5.92 Å². The first-order valence-corrected chi connectivity index (χ1v) is 6.45. The molecule has 0 radical (unpaired) electrons. The van der Waals surface area contributed by atoms with Gasteiger partial charge in [0, 0.05) is 0 Å². The lowest BCUT2D eigenvalue weighted by Gasteiger charge is -2.22. The van der Waals surface area contributed by atoms with Crippen LogP contribution in [0.3, 0.4) is 0 Å². The Bertz CT molecular complexity index is 636. The van der Waals surface area contributed by atoms with Crippen molar-refractivity contribution < 1.29 is 4.79 Å². The molecule has 1 heterocycles. The minimum atomic E-state index is -0.436. The second kappa shape index (κ2) is 4.43. The summed E-state index contributed by atoms with van der Waals surface area (Å²) in [6.45, 7) is 2.18. The van der Waals surface area contributed by atoms with E-state index in [1.807, 2.05) is 36.4 Å². The molecular formula is C16H16N2O. The molecule has 96 valence electrons. The number of rotatable bonds is 0. The van der Waals surface area contributed by atoms with Crippen LogP contribution < -0.4 is 10.6 Å². The summed E-state index contributed by atoms with van der Waals surface area (Å²) < 4.78 is 0. The van der Waals surface area contributed by atoms with Gasteiger partial charge in [-0.25, -0.2) is 4.79 Å². The third-order valence-electron chi connectivity index (χ3n) is 3.69. The van der Waals surface area contributed by atoms with Crippen LogP contribution in [0.1, 0.15) is 24.0 Å². The lowest BCUT2D eigenvalue weighted by Crippen LogP contribution is -2.32. The van der Waals surface area contributed by atoms with Crippen molar-refractivity contribution in [3.8, 4) is 0 Å². The third kappa shape index (κ3) is 1.87. The van der Waals surface area contributed by atoms with Gasteiger partial charge in [0.05, 0.1) is 11.4 Å². The Kier molecular flexibility index (Phi) is 2.75. The fraction of sp³-hybridized carbons (Fsp3) is 0.188. The maximum Gasteiger partial charge on any atom is 0.323 e. The summed E-state index contributed by atoms with van der Waals surface area (Å²) >= 11 is 0. The molecule has 0 bridgehead atoms. The summed E-state index contributed by atoms with van der Waals surface area (Å²) in [5, 5.41) is 0. The minimum absolute atomic E-state index is 0.363. The second-order valence-corrected chi connectivity index (χ2v) is 4.97. The maximum absolute atomic E-state index is 11.9. The highest BCUT2D eigenvalue weighted by atomic mass is 16.2. The number of benzene rings is 2. The quantitative estimate of drug-likeness (QED) is 0.765. The first-order chi connectivity index (χ1) is 9.18. The molecule has 3 rings (SSSR count). The average molecular weight is 252 g/mol. The van der Waals surface area contributed by atoms with Crippen LogP contribution in [0.2, 0.25) is 0 Å². The minimum Gasteiger partial charge on any atom is -0.351 e. The molecule has 0 saturated heterocycles. The molecule has 1 aliphatic heterocycles. The monoisotopic (exact) mass is 252 g/mol. The van der Waals surface area contributed by atoms with E-state index < -0.39 is 6.03 Å².